The summed E-state index contributed by atoms with van der Waals surface area (Å²) in [4.78, 5) is 52.4. The van der Waals surface area contributed by atoms with E-state index >= 15 is 0 Å². The number of carbonyl (C=O) groups is 4. The SMILES string of the molecule is COC(=O)C1=C(C[N+]23CCC(CNC(=O)C(=O)c4cc(O)c(O)c(Cl)c4)(CC2)CC3)C(C)S[C@@H]2C(C)C(=O)N12. The number of phenolic OH excluding ortho intramolecular Hbond substituents is 2. The fourth-order valence-electron chi connectivity index (χ4n) is 6.38. The molecule has 5 aliphatic rings. The number of piperidine rings is 3. The topological polar surface area (TPSA) is 133 Å². The first-order chi connectivity index (χ1) is 18.4. The van der Waals surface area contributed by atoms with Crippen LogP contribution in [0.15, 0.2) is 23.4 Å². The Labute approximate surface area is 235 Å². The first-order valence-electron chi connectivity index (χ1n) is 13.1. The number of hydrogen-bond donors (Lipinski definition) is 3. The number of carbonyl (C=O) groups excluding carboxylic acids is 4. The predicted molar refractivity (Wildman–Crippen MR) is 144 cm³/mol. The third kappa shape index (κ3) is 4.68. The van der Waals surface area contributed by atoms with Crippen molar-refractivity contribution in [1.29, 1.82) is 0 Å². The van der Waals surface area contributed by atoms with Gasteiger partial charge in [-0.2, -0.15) is 0 Å². The molecule has 0 saturated carbocycles. The molecule has 12 heteroatoms. The van der Waals surface area contributed by atoms with E-state index in [0.29, 0.717) is 18.8 Å². The summed E-state index contributed by atoms with van der Waals surface area (Å²) in [6, 6.07) is 2.18. The van der Waals surface area contributed by atoms with Gasteiger partial charge in [0.15, 0.2) is 11.5 Å². The van der Waals surface area contributed by atoms with Crippen molar-refractivity contribution >= 4 is 46.9 Å². The van der Waals surface area contributed by atoms with Gasteiger partial charge in [0.2, 0.25) is 11.7 Å². The van der Waals surface area contributed by atoms with Crippen LogP contribution in [-0.2, 0) is 19.1 Å². The van der Waals surface area contributed by atoms with Gasteiger partial charge in [-0.1, -0.05) is 18.5 Å². The van der Waals surface area contributed by atoms with Gasteiger partial charge in [0.05, 0.1) is 43.1 Å². The Morgan fingerprint density at radius 2 is 1.82 bits per heavy atom. The lowest BCUT2D eigenvalue weighted by Crippen LogP contribution is -2.66. The summed E-state index contributed by atoms with van der Waals surface area (Å²) in [6.07, 6.45) is 2.58. The van der Waals surface area contributed by atoms with Crippen molar-refractivity contribution in [2.75, 3.05) is 39.8 Å². The van der Waals surface area contributed by atoms with E-state index in [1.165, 1.54) is 7.11 Å². The maximum absolute atomic E-state index is 12.8. The summed E-state index contributed by atoms with van der Waals surface area (Å²) in [5, 5.41) is 22.0. The molecule has 3 atom stereocenters. The number of nitrogens with one attached hydrogen (secondary N) is 1. The Hall–Kier alpha value is -2.76. The van der Waals surface area contributed by atoms with Gasteiger partial charge >= 0.3 is 5.97 Å². The van der Waals surface area contributed by atoms with Crippen molar-refractivity contribution in [3.8, 4) is 11.5 Å². The molecule has 210 valence electrons. The molecule has 6 rings (SSSR count). The molecule has 5 aliphatic heterocycles. The van der Waals surface area contributed by atoms with E-state index in [1.54, 1.807) is 16.7 Å². The minimum Gasteiger partial charge on any atom is -0.504 e. The molecule has 0 spiro atoms. The minimum absolute atomic E-state index is 0.0337. The molecular formula is C27H33ClN3O7S+. The number of β-lactam (4-membered cyclic amide) rings is 1. The first-order valence-corrected chi connectivity index (χ1v) is 14.4. The van der Waals surface area contributed by atoms with Crippen LogP contribution in [0.1, 0.15) is 43.5 Å². The molecular weight excluding hydrogens is 546 g/mol. The number of fused-ring (bicyclic) bond motifs is 4. The molecule has 1 aromatic carbocycles. The average Bonchev–Trinajstić information content (AvgIpc) is 2.95. The molecule has 5 heterocycles. The fourth-order valence-corrected chi connectivity index (χ4v) is 8.05. The maximum atomic E-state index is 12.8. The summed E-state index contributed by atoms with van der Waals surface area (Å²) in [7, 11) is 1.35. The van der Waals surface area contributed by atoms with Crippen LogP contribution in [0.3, 0.4) is 0 Å². The highest BCUT2D eigenvalue weighted by Crippen LogP contribution is 2.49. The number of phenols is 2. The van der Waals surface area contributed by atoms with Crippen LogP contribution in [0.5, 0.6) is 11.5 Å². The zero-order valence-electron chi connectivity index (χ0n) is 22.2. The van der Waals surface area contributed by atoms with Crippen molar-refractivity contribution in [3.05, 3.63) is 34.0 Å². The van der Waals surface area contributed by atoms with Gasteiger partial charge in [-0.05, 0) is 19.1 Å². The minimum atomic E-state index is -0.834. The van der Waals surface area contributed by atoms with Crippen molar-refractivity contribution in [2.24, 2.45) is 11.3 Å². The summed E-state index contributed by atoms with van der Waals surface area (Å²) >= 11 is 7.55. The van der Waals surface area contributed by atoms with Crippen molar-refractivity contribution < 1.29 is 38.6 Å². The lowest BCUT2D eigenvalue weighted by atomic mass is 9.70. The fraction of sp³-hybridized carbons (Fsp3) is 0.556. The number of esters is 1. The van der Waals surface area contributed by atoms with E-state index in [0.717, 1.165) is 61.1 Å². The van der Waals surface area contributed by atoms with Crippen molar-refractivity contribution in [3.63, 3.8) is 0 Å². The van der Waals surface area contributed by atoms with Gasteiger partial charge in [-0.15, -0.1) is 11.8 Å². The Morgan fingerprint density at radius 3 is 2.41 bits per heavy atom. The number of amides is 2. The number of Topliss-reactive ketones (excluding diaryl/α,β-unsaturated/α-hetero) is 1. The Bertz CT molecular complexity index is 1250. The van der Waals surface area contributed by atoms with Crippen LogP contribution < -0.4 is 5.32 Å². The van der Waals surface area contributed by atoms with Crippen LogP contribution in [-0.4, -0.2) is 93.6 Å². The number of hydrogen-bond acceptors (Lipinski definition) is 8. The number of benzene rings is 1. The number of thioether (sulfide) groups is 1. The van der Waals surface area contributed by atoms with Crippen molar-refractivity contribution in [2.45, 2.75) is 43.7 Å². The van der Waals surface area contributed by atoms with Crippen LogP contribution in [0.4, 0.5) is 0 Å². The lowest BCUT2D eigenvalue weighted by molar-refractivity contribution is -0.941. The summed E-state index contributed by atoms with van der Waals surface area (Å²) in [5.74, 6) is -3.34. The zero-order chi connectivity index (χ0) is 28.3. The lowest BCUT2D eigenvalue weighted by Gasteiger charge is -2.56. The molecule has 2 amide bonds. The molecule has 3 N–H and O–H groups in total. The van der Waals surface area contributed by atoms with Crippen LogP contribution in [0.25, 0.3) is 0 Å². The number of ketones is 1. The summed E-state index contributed by atoms with van der Waals surface area (Å²) in [5.41, 5.74) is 1.16. The van der Waals surface area contributed by atoms with E-state index in [4.69, 9.17) is 16.3 Å². The van der Waals surface area contributed by atoms with Gasteiger partial charge in [0.25, 0.3) is 5.91 Å². The summed E-state index contributed by atoms with van der Waals surface area (Å²) in [6.45, 7) is 7.64. The first kappa shape index (κ1) is 27.8. The molecule has 4 saturated heterocycles. The maximum Gasteiger partial charge on any atom is 0.355 e. The number of aromatic hydroxyl groups is 2. The van der Waals surface area contributed by atoms with Crippen LogP contribution >= 0.6 is 23.4 Å². The van der Waals surface area contributed by atoms with Gasteiger partial charge in [0, 0.05) is 47.6 Å². The molecule has 39 heavy (non-hydrogen) atoms. The smallest absolute Gasteiger partial charge is 0.355 e. The highest BCUT2D eigenvalue weighted by molar-refractivity contribution is 8.00. The average molecular weight is 579 g/mol. The number of methoxy groups -OCH3 is 1. The normalized spacial score (nSPS) is 31.4. The quantitative estimate of drug-likeness (QED) is 0.112. The number of nitrogens with zero attached hydrogens (tertiary/aromatic N) is 2. The van der Waals surface area contributed by atoms with Crippen LogP contribution in [0.2, 0.25) is 5.02 Å². The van der Waals surface area contributed by atoms with Crippen LogP contribution in [0, 0.1) is 11.3 Å². The molecule has 10 nitrogen and oxygen atoms in total. The Morgan fingerprint density at radius 1 is 1.18 bits per heavy atom. The molecule has 2 bridgehead atoms. The molecule has 4 fully saturated rings. The van der Waals surface area contributed by atoms with Crippen molar-refractivity contribution in [1.82, 2.24) is 10.2 Å². The second-order valence-electron chi connectivity index (χ2n) is 11.3. The molecule has 0 aliphatic carbocycles. The van der Waals surface area contributed by atoms with Gasteiger partial charge in [-0.25, -0.2) is 4.79 Å². The molecule has 2 unspecified atom stereocenters. The standard InChI is InChI=1S/C27H32ClN3O7S/c1-14-24(36)30-20(26(37)38-3)17(15(2)39-25(14)30)12-31-7-4-27(5-8-31,6-9-31)13-29-23(35)21(33)16-10-18(28)22(34)19(32)11-16/h10-11,14-15,25H,4-9,12-13H2,1-3H3,(H2-,29,32,33,34,35)/p+1/t14?,15?,25-,27?,31?/m1/s1. The van der Waals surface area contributed by atoms with Gasteiger partial charge in [0.1, 0.15) is 12.2 Å². The largest absolute Gasteiger partial charge is 0.504 e. The van der Waals surface area contributed by atoms with E-state index < -0.39 is 29.2 Å². The van der Waals surface area contributed by atoms with E-state index in [9.17, 15) is 29.4 Å². The predicted octanol–water partition coefficient (Wildman–Crippen LogP) is 2.42. The molecule has 0 aromatic heterocycles. The second kappa shape index (κ2) is 10.0. The number of halogens is 1. The van der Waals surface area contributed by atoms with E-state index in [-0.39, 0.29) is 38.4 Å². The third-order valence-corrected chi connectivity index (χ3v) is 10.9. The van der Waals surface area contributed by atoms with Gasteiger partial charge in [-0.3, -0.25) is 19.3 Å². The second-order valence-corrected chi connectivity index (χ2v) is 13.2. The van der Waals surface area contributed by atoms with Gasteiger partial charge < -0.3 is 24.7 Å². The highest BCUT2D eigenvalue weighted by Gasteiger charge is 2.55. The number of ether oxygens (including phenoxy) is 1. The molecule has 0 radical (unpaired) electrons. The third-order valence-electron chi connectivity index (χ3n) is 9.06. The van der Waals surface area contributed by atoms with E-state index in [1.807, 2.05) is 6.92 Å². The zero-order valence-corrected chi connectivity index (χ0v) is 23.7. The Balaban J connectivity index is 1.25. The molecule has 1 aromatic rings. The summed E-state index contributed by atoms with van der Waals surface area (Å²) < 4.78 is 5.92. The van der Waals surface area contributed by atoms with E-state index in [2.05, 4.69) is 12.2 Å². The number of quaternary nitrogens is 1. The monoisotopic (exact) mass is 578 g/mol. The highest BCUT2D eigenvalue weighted by atomic mass is 35.5. The number of rotatable bonds is 7. The Kier molecular flexibility index (Phi) is 7.13.